The average Bonchev–Trinajstić information content (AvgIpc) is 2.91. The number of carbonyl (C=O) groups is 1. The lowest BCUT2D eigenvalue weighted by Gasteiger charge is -2.46. The zero-order valence-electron chi connectivity index (χ0n) is 17.5. The molecule has 2 bridgehead atoms. The van der Waals surface area contributed by atoms with Gasteiger partial charge in [-0.2, -0.15) is 0 Å². The number of hydrogen-bond acceptors (Lipinski definition) is 5. The number of methoxy groups -OCH3 is 1. The number of carbonyl (C=O) groups excluding carboxylic acids is 1. The third-order valence-corrected chi connectivity index (χ3v) is 7.47. The number of ether oxygens (including phenoxy) is 1. The quantitative estimate of drug-likeness (QED) is 0.546. The second-order valence-corrected chi connectivity index (χ2v) is 9.55. The second kappa shape index (κ2) is 8.49. The second-order valence-electron chi connectivity index (χ2n) is 8.20. The number of fused-ring (bicyclic) bond motifs is 2. The highest BCUT2D eigenvalue weighted by Crippen LogP contribution is 2.43. The van der Waals surface area contributed by atoms with E-state index >= 15 is 0 Å². The Hall–Kier alpha value is -2.22. The summed E-state index contributed by atoms with van der Waals surface area (Å²) in [5.41, 5.74) is 7.54. The van der Waals surface area contributed by atoms with Crippen LogP contribution >= 0.6 is 0 Å². The minimum atomic E-state index is -1.30. The molecule has 30 heavy (non-hydrogen) atoms. The summed E-state index contributed by atoms with van der Waals surface area (Å²) < 4.78 is 17.5. The predicted molar refractivity (Wildman–Crippen MR) is 119 cm³/mol. The van der Waals surface area contributed by atoms with Crippen LogP contribution in [0.3, 0.4) is 0 Å². The zero-order valence-corrected chi connectivity index (χ0v) is 18.3. The van der Waals surface area contributed by atoms with Crippen LogP contribution in [-0.4, -0.2) is 47.5 Å². The molecule has 0 aliphatic carbocycles. The number of nitrogens with zero attached hydrogens (tertiary/aromatic N) is 1. The fourth-order valence-corrected chi connectivity index (χ4v) is 5.73. The molecule has 1 amide bonds. The largest absolute Gasteiger partial charge is 0.612 e. The van der Waals surface area contributed by atoms with Gasteiger partial charge in [0.15, 0.2) is 4.90 Å². The molecule has 0 radical (unpaired) electrons. The van der Waals surface area contributed by atoms with Gasteiger partial charge in [0.05, 0.1) is 18.4 Å². The number of anilines is 1. The summed E-state index contributed by atoms with van der Waals surface area (Å²) in [6.45, 7) is 1.97. The molecule has 160 valence electrons. The molecule has 6 nitrogen and oxygen atoms in total. The summed E-state index contributed by atoms with van der Waals surface area (Å²) in [7, 11) is 1.52. The third kappa shape index (κ3) is 3.77. The highest BCUT2D eigenvalue weighted by Gasteiger charge is 2.51. The van der Waals surface area contributed by atoms with E-state index in [9.17, 15) is 9.35 Å². The van der Waals surface area contributed by atoms with Crippen molar-refractivity contribution < 1.29 is 14.1 Å². The Bertz CT molecular complexity index is 903. The van der Waals surface area contributed by atoms with Gasteiger partial charge < -0.3 is 20.3 Å². The van der Waals surface area contributed by atoms with E-state index in [-0.39, 0.29) is 5.91 Å². The number of hydrogen-bond donors (Lipinski definition) is 2. The van der Waals surface area contributed by atoms with Gasteiger partial charge in [0, 0.05) is 31.6 Å². The van der Waals surface area contributed by atoms with E-state index in [0.29, 0.717) is 27.8 Å². The summed E-state index contributed by atoms with van der Waals surface area (Å²) in [6, 6.07) is 13.5. The Kier molecular flexibility index (Phi) is 5.95. The maximum atomic E-state index is 13.5. The molecule has 2 aliphatic rings. The van der Waals surface area contributed by atoms with Crippen LogP contribution in [0.5, 0.6) is 5.75 Å². The van der Waals surface area contributed by atoms with Crippen molar-refractivity contribution in [1.29, 1.82) is 0 Å². The normalized spacial score (nSPS) is 26.2. The van der Waals surface area contributed by atoms with Gasteiger partial charge in [-0.25, -0.2) is 0 Å². The molecule has 2 aliphatic heterocycles. The van der Waals surface area contributed by atoms with Crippen molar-refractivity contribution in [2.45, 2.75) is 36.2 Å². The molecule has 2 aromatic rings. The standard InChI is InChI=1S/C23H29N3O3S/c1-29-20-14-19(24)21(30(2)28)13-18(20)22(27)25-23(15-16-7-4-3-5-8-16)17-9-6-11-26(23)12-10-17/h3-5,7-8,13-14,17H,6,9-12,15,24H2,1-2H3,(H,25,27). The average molecular weight is 428 g/mol. The fourth-order valence-electron chi connectivity index (χ4n) is 5.05. The van der Waals surface area contributed by atoms with E-state index in [4.69, 9.17) is 10.5 Å². The number of amides is 1. The summed E-state index contributed by atoms with van der Waals surface area (Å²) in [6.07, 6.45) is 5.65. The van der Waals surface area contributed by atoms with Crippen LogP contribution in [0, 0.1) is 5.92 Å². The van der Waals surface area contributed by atoms with Gasteiger partial charge in [-0.3, -0.25) is 9.69 Å². The molecule has 0 spiro atoms. The van der Waals surface area contributed by atoms with Crippen molar-refractivity contribution in [1.82, 2.24) is 10.2 Å². The number of nitrogens with two attached hydrogens (primary N) is 1. The Morgan fingerprint density at radius 1 is 1.30 bits per heavy atom. The highest BCUT2D eigenvalue weighted by molar-refractivity contribution is 7.90. The first kappa shape index (κ1) is 21.0. The van der Waals surface area contributed by atoms with Crippen molar-refractivity contribution in [3.8, 4) is 5.75 Å². The molecule has 2 fully saturated rings. The van der Waals surface area contributed by atoms with Gasteiger partial charge in [-0.1, -0.05) is 30.3 Å². The SMILES string of the molecule is COc1cc(N)c([S+](C)[O-])cc1C(=O)NC1(Cc2ccccc2)C2CCCN1CC2. The molecule has 4 atom stereocenters. The Balaban J connectivity index is 1.71. The molecule has 3 N–H and O–H groups in total. The van der Waals surface area contributed by atoms with Crippen LogP contribution in [0.25, 0.3) is 0 Å². The smallest absolute Gasteiger partial charge is 0.256 e. The molecular weight excluding hydrogens is 398 g/mol. The first-order valence-corrected chi connectivity index (χ1v) is 11.9. The lowest BCUT2D eigenvalue weighted by molar-refractivity contribution is 0.0259. The molecule has 0 saturated carbocycles. The van der Waals surface area contributed by atoms with E-state index in [0.717, 1.165) is 38.8 Å². The Labute approximate surface area is 181 Å². The van der Waals surface area contributed by atoms with Gasteiger partial charge in [0.25, 0.3) is 5.91 Å². The van der Waals surface area contributed by atoms with Crippen LogP contribution in [-0.2, 0) is 17.6 Å². The fraction of sp³-hybridized carbons (Fsp3) is 0.435. The molecule has 0 aromatic heterocycles. The summed E-state index contributed by atoms with van der Waals surface area (Å²) in [5, 5.41) is 3.39. The van der Waals surface area contributed by atoms with Crippen LogP contribution in [0.15, 0.2) is 47.4 Å². The molecular formula is C23H29N3O3S. The van der Waals surface area contributed by atoms with E-state index in [1.54, 1.807) is 18.4 Å². The summed E-state index contributed by atoms with van der Waals surface area (Å²) in [4.78, 5) is 16.4. The minimum Gasteiger partial charge on any atom is -0.612 e. The van der Waals surface area contributed by atoms with Crippen LogP contribution < -0.4 is 15.8 Å². The zero-order chi connectivity index (χ0) is 21.3. The van der Waals surface area contributed by atoms with E-state index in [1.807, 2.05) is 18.2 Å². The summed E-state index contributed by atoms with van der Waals surface area (Å²) in [5.74, 6) is 0.579. The molecule has 2 saturated heterocycles. The number of piperidine rings is 1. The topological polar surface area (TPSA) is 90.6 Å². The van der Waals surface area contributed by atoms with Crippen molar-refractivity contribution >= 4 is 22.8 Å². The molecule has 2 heterocycles. The molecule has 4 rings (SSSR count). The predicted octanol–water partition coefficient (Wildman–Crippen LogP) is 2.80. The van der Waals surface area contributed by atoms with Gasteiger partial charge in [-0.15, -0.1) is 0 Å². The third-order valence-electron chi connectivity index (χ3n) is 6.50. The van der Waals surface area contributed by atoms with E-state index in [2.05, 4.69) is 22.3 Å². The van der Waals surface area contributed by atoms with Gasteiger partial charge in [-0.05, 0) is 41.9 Å². The summed E-state index contributed by atoms with van der Waals surface area (Å²) >= 11 is -1.30. The molecule has 2 aromatic carbocycles. The van der Waals surface area contributed by atoms with E-state index < -0.39 is 16.8 Å². The number of rotatable bonds is 6. The number of benzene rings is 2. The first-order valence-electron chi connectivity index (χ1n) is 10.4. The monoisotopic (exact) mass is 427 g/mol. The highest BCUT2D eigenvalue weighted by atomic mass is 32.2. The Morgan fingerprint density at radius 3 is 2.73 bits per heavy atom. The maximum Gasteiger partial charge on any atom is 0.256 e. The first-order chi connectivity index (χ1) is 14.4. The Morgan fingerprint density at radius 2 is 2.07 bits per heavy atom. The number of nitrogen functional groups attached to an aromatic ring is 1. The molecule has 4 unspecified atom stereocenters. The van der Waals surface area contributed by atoms with Gasteiger partial charge in [0.1, 0.15) is 17.7 Å². The van der Waals surface area contributed by atoms with Crippen molar-refractivity contribution in [3.05, 3.63) is 53.6 Å². The van der Waals surface area contributed by atoms with Crippen molar-refractivity contribution in [2.75, 3.05) is 32.2 Å². The molecule has 7 heteroatoms. The minimum absolute atomic E-state index is 0.215. The van der Waals surface area contributed by atoms with Crippen molar-refractivity contribution in [3.63, 3.8) is 0 Å². The maximum absolute atomic E-state index is 13.5. The number of nitrogens with one attached hydrogen (secondary N) is 1. The van der Waals surface area contributed by atoms with Gasteiger partial charge in [0.2, 0.25) is 0 Å². The van der Waals surface area contributed by atoms with Gasteiger partial charge >= 0.3 is 0 Å². The van der Waals surface area contributed by atoms with Crippen LogP contribution in [0.2, 0.25) is 0 Å². The lowest BCUT2D eigenvalue weighted by atomic mass is 9.81. The lowest BCUT2D eigenvalue weighted by Crippen LogP contribution is -2.64. The van der Waals surface area contributed by atoms with Crippen LogP contribution in [0.4, 0.5) is 5.69 Å². The van der Waals surface area contributed by atoms with E-state index in [1.165, 1.54) is 12.7 Å². The van der Waals surface area contributed by atoms with Crippen LogP contribution in [0.1, 0.15) is 35.2 Å². The van der Waals surface area contributed by atoms with Crippen molar-refractivity contribution in [2.24, 2.45) is 5.92 Å².